The third-order valence-corrected chi connectivity index (χ3v) is 8.14. The van der Waals surface area contributed by atoms with E-state index in [9.17, 15) is 0 Å². The zero-order valence-corrected chi connectivity index (χ0v) is 25.7. The summed E-state index contributed by atoms with van der Waals surface area (Å²) in [5.41, 5.74) is 2.55. The van der Waals surface area contributed by atoms with E-state index < -0.39 is 0 Å². The molecular weight excluding hydrogens is 490 g/mol. The number of hydrogen-bond acceptors (Lipinski definition) is 5. The van der Waals surface area contributed by atoms with Gasteiger partial charge in [0.1, 0.15) is 6.10 Å². The van der Waals surface area contributed by atoms with Crippen LogP contribution in [0.1, 0.15) is 122 Å². The van der Waals surface area contributed by atoms with Gasteiger partial charge < -0.3 is 19.1 Å². The van der Waals surface area contributed by atoms with Crippen LogP contribution in [0.4, 0.5) is 0 Å². The molecule has 1 heterocycles. The summed E-state index contributed by atoms with van der Waals surface area (Å²) in [5, 5.41) is 0. The molecule has 0 saturated carbocycles. The van der Waals surface area contributed by atoms with E-state index in [0.29, 0.717) is 26.4 Å². The standard InChI is InChI=1S/C33H57NO3S/c1-4-6-7-8-9-10-11-12-13-14-15-16-17-18-22-35-27-33(37-5-2)28-36-26-32-21-19-20-31(23-32)25-34-24-30(3)38-29-34/h19-21,23-24,33H,4-18,22,25-29H2,1-3H3. The van der Waals surface area contributed by atoms with Gasteiger partial charge in [0.25, 0.3) is 0 Å². The molecule has 0 bridgehead atoms. The minimum atomic E-state index is 0.00423. The molecule has 0 amide bonds. The van der Waals surface area contributed by atoms with E-state index in [1.54, 1.807) is 0 Å². The van der Waals surface area contributed by atoms with Gasteiger partial charge in [0, 0.05) is 26.0 Å². The first-order chi connectivity index (χ1) is 18.7. The van der Waals surface area contributed by atoms with Gasteiger partial charge in [-0.2, -0.15) is 0 Å². The molecule has 1 aliphatic rings. The topological polar surface area (TPSA) is 30.9 Å². The molecule has 0 spiro atoms. The van der Waals surface area contributed by atoms with Crippen molar-refractivity contribution in [2.24, 2.45) is 0 Å². The van der Waals surface area contributed by atoms with Gasteiger partial charge in [-0.15, -0.1) is 11.8 Å². The molecule has 0 N–H and O–H groups in total. The lowest BCUT2D eigenvalue weighted by Crippen LogP contribution is -2.26. The Kier molecular flexibility index (Phi) is 19.9. The highest BCUT2D eigenvalue weighted by molar-refractivity contribution is 8.03. The average molecular weight is 548 g/mol. The molecule has 1 aromatic carbocycles. The van der Waals surface area contributed by atoms with E-state index in [2.05, 4.69) is 49.2 Å². The maximum Gasteiger partial charge on any atom is 0.104 e. The van der Waals surface area contributed by atoms with Gasteiger partial charge >= 0.3 is 0 Å². The van der Waals surface area contributed by atoms with Gasteiger partial charge in [-0.1, -0.05) is 115 Å². The summed E-state index contributed by atoms with van der Waals surface area (Å²) in [6.45, 7) is 10.8. The number of allylic oxidation sites excluding steroid dienone is 1. The lowest BCUT2D eigenvalue weighted by Gasteiger charge is -2.18. The molecule has 4 nitrogen and oxygen atoms in total. The number of benzene rings is 1. The van der Waals surface area contributed by atoms with Crippen molar-refractivity contribution in [3.63, 3.8) is 0 Å². The van der Waals surface area contributed by atoms with Crippen molar-refractivity contribution in [1.82, 2.24) is 4.90 Å². The molecule has 0 aliphatic carbocycles. The summed E-state index contributed by atoms with van der Waals surface area (Å²) in [4.78, 5) is 3.75. The second kappa shape index (κ2) is 22.8. The molecule has 0 aromatic heterocycles. The fourth-order valence-corrected chi connectivity index (χ4v) is 5.72. The summed E-state index contributed by atoms with van der Waals surface area (Å²) < 4.78 is 17.8. The largest absolute Gasteiger partial charge is 0.379 e. The monoisotopic (exact) mass is 547 g/mol. The Bertz CT molecular complexity index is 726. The maximum absolute atomic E-state index is 6.02. The Labute approximate surface area is 239 Å². The highest BCUT2D eigenvalue weighted by atomic mass is 32.2. The van der Waals surface area contributed by atoms with Crippen molar-refractivity contribution >= 4 is 11.8 Å². The fraction of sp³-hybridized carbons (Fsp3) is 0.758. The normalized spacial score (nSPS) is 14.3. The second-order valence-corrected chi connectivity index (χ2v) is 12.0. The van der Waals surface area contributed by atoms with Crippen molar-refractivity contribution in [2.45, 2.75) is 130 Å². The van der Waals surface area contributed by atoms with Crippen molar-refractivity contribution in [3.8, 4) is 0 Å². The summed E-state index contributed by atoms with van der Waals surface area (Å²) in [5.74, 6) is 1.04. The predicted molar refractivity (Wildman–Crippen MR) is 164 cm³/mol. The molecule has 0 fully saturated rings. The minimum Gasteiger partial charge on any atom is -0.379 e. The number of unbranched alkanes of at least 4 members (excludes halogenated alkanes) is 13. The highest BCUT2D eigenvalue weighted by Gasteiger charge is 2.11. The number of ether oxygens (including phenoxy) is 3. The van der Waals surface area contributed by atoms with Gasteiger partial charge in [0.05, 0.1) is 25.7 Å². The van der Waals surface area contributed by atoms with Gasteiger partial charge in [-0.25, -0.2) is 0 Å². The molecule has 1 unspecified atom stereocenters. The van der Waals surface area contributed by atoms with Crippen LogP contribution in [-0.4, -0.2) is 43.3 Å². The molecule has 2 rings (SSSR count). The fourth-order valence-electron chi connectivity index (χ4n) is 4.96. The van der Waals surface area contributed by atoms with Crippen molar-refractivity contribution in [2.75, 3.05) is 32.3 Å². The first kappa shape index (κ1) is 33.2. The van der Waals surface area contributed by atoms with E-state index in [-0.39, 0.29) is 6.10 Å². The molecule has 1 aromatic rings. The van der Waals surface area contributed by atoms with Crippen molar-refractivity contribution in [1.29, 1.82) is 0 Å². The van der Waals surface area contributed by atoms with E-state index >= 15 is 0 Å². The summed E-state index contributed by atoms with van der Waals surface area (Å²) in [7, 11) is 0. The smallest absolute Gasteiger partial charge is 0.104 e. The highest BCUT2D eigenvalue weighted by Crippen LogP contribution is 2.26. The van der Waals surface area contributed by atoms with E-state index in [4.69, 9.17) is 14.2 Å². The molecule has 0 radical (unpaired) electrons. The predicted octanol–water partition coefficient (Wildman–Crippen LogP) is 9.47. The summed E-state index contributed by atoms with van der Waals surface area (Å²) >= 11 is 1.91. The van der Waals surface area contributed by atoms with Crippen molar-refractivity contribution in [3.05, 3.63) is 46.5 Å². The Hall–Kier alpha value is -1.01. The molecule has 5 heteroatoms. The molecule has 1 atom stereocenters. The molecule has 218 valence electrons. The zero-order valence-electron chi connectivity index (χ0n) is 24.9. The third kappa shape index (κ3) is 16.8. The van der Waals surface area contributed by atoms with Crippen LogP contribution in [0.15, 0.2) is 35.4 Å². The Morgan fingerprint density at radius 1 is 0.789 bits per heavy atom. The number of thioether (sulfide) groups is 1. The van der Waals surface area contributed by atoms with Gasteiger partial charge in [-0.3, -0.25) is 0 Å². The first-order valence-electron chi connectivity index (χ1n) is 15.6. The lowest BCUT2D eigenvalue weighted by atomic mass is 10.0. The third-order valence-electron chi connectivity index (χ3n) is 7.12. The lowest BCUT2D eigenvalue weighted by molar-refractivity contribution is -0.0601. The Morgan fingerprint density at radius 2 is 1.39 bits per heavy atom. The van der Waals surface area contributed by atoms with Crippen LogP contribution in [0.2, 0.25) is 0 Å². The van der Waals surface area contributed by atoms with Crippen LogP contribution in [0.5, 0.6) is 0 Å². The maximum atomic E-state index is 6.02. The van der Waals surface area contributed by atoms with E-state index in [1.807, 2.05) is 18.7 Å². The molecular formula is C33H57NO3S. The number of rotatable bonds is 25. The van der Waals surface area contributed by atoms with Crippen LogP contribution < -0.4 is 0 Å². The molecule has 1 aliphatic heterocycles. The first-order valence-corrected chi connectivity index (χ1v) is 16.6. The van der Waals surface area contributed by atoms with Crippen molar-refractivity contribution < 1.29 is 14.2 Å². The Morgan fingerprint density at radius 3 is 2.00 bits per heavy atom. The molecule has 0 saturated heterocycles. The SMILES string of the molecule is CCCCCCCCCCCCCCCCOCC(COCc1cccc(CN2C=C(C)SC2)c1)OCC. The van der Waals surface area contributed by atoms with Crippen LogP contribution in [0.25, 0.3) is 0 Å². The van der Waals surface area contributed by atoms with Gasteiger partial charge in [-0.05, 0) is 36.3 Å². The summed E-state index contributed by atoms with van der Waals surface area (Å²) in [6, 6.07) is 8.73. The Balaban J connectivity index is 1.44. The average Bonchev–Trinajstić information content (AvgIpc) is 3.32. The minimum absolute atomic E-state index is 0.00423. The van der Waals surface area contributed by atoms with Crippen LogP contribution >= 0.6 is 11.8 Å². The van der Waals surface area contributed by atoms with Crippen LogP contribution in [0.3, 0.4) is 0 Å². The summed E-state index contributed by atoms with van der Waals surface area (Å²) in [6.07, 6.45) is 21.6. The molecule has 38 heavy (non-hydrogen) atoms. The second-order valence-electron chi connectivity index (χ2n) is 10.8. The number of nitrogens with zero attached hydrogens (tertiary/aromatic N) is 1. The van der Waals surface area contributed by atoms with Gasteiger partial charge in [0.2, 0.25) is 0 Å². The van der Waals surface area contributed by atoms with Crippen LogP contribution in [-0.2, 0) is 27.4 Å². The zero-order chi connectivity index (χ0) is 27.1. The van der Waals surface area contributed by atoms with E-state index in [0.717, 1.165) is 25.4 Å². The quantitative estimate of drug-likeness (QED) is 0.114. The number of hydrogen-bond donors (Lipinski definition) is 0. The van der Waals surface area contributed by atoms with Gasteiger partial charge in [0.15, 0.2) is 0 Å². The van der Waals surface area contributed by atoms with E-state index in [1.165, 1.54) is 99.5 Å². The van der Waals surface area contributed by atoms with Crippen LogP contribution in [0, 0.1) is 0 Å².